The predicted molar refractivity (Wildman–Crippen MR) is 104 cm³/mol. The average Bonchev–Trinajstić information content (AvgIpc) is 3.47. The number of benzene rings is 1. The summed E-state index contributed by atoms with van der Waals surface area (Å²) >= 11 is 6.43. The summed E-state index contributed by atoms with van der Waals surface area (Å²) in [5.41, 5.74) is 1.09. The van der Waals surface area contributed by atoms with Gasteiger partial charge in [-0.1, -0.05) is 18.5 Å². The van der Waals surface area contributed by atoms with Crippen LogP contribution in [0.5, 0.6) is 11.5 Å². The molecule has 6 heteroatoms. The Morgan fingerprint density at radius 1 is 1.27 bits per heavy atom. The van der Waals surface area contributed by atoms with Crippen LogP contribution in [-0.4, -0.2) is 56.5 Å². The molecule has 0 amide bonds. The first kappa shape index (κ1) is 19.7. The molecule has 0 spiro atoms. The number of morpholine rings is 1. The van der Waals surface area contributed by atoms with Crippen molar-refractivity contribution in [2.75, 3.05) is 39.5 Å². The van der Waals surface area contributed by atoms with Gasteiger partial charge in [-0.05, 0) is 43.9 Å². The maximum Gasteiger partial charge on any atom is 0.179 e. The molecule has 1 aromatic rings. The summed E-state index contributed by atoms with van der Waals surface area (Å²) in [6.45, 7) is 9.79. The Bertz CT molecular complexity index is 580. The van der Waals surface area contributed by atoms with E-state index in [1.165, 1.54) is 12.8 Å². The lowest BCUT2D eigenvalue weighted by molar-refractivity contribution is -0.0301. The van der Waals surface area contributed by atoms with Crippen molar-refractivity contribution in [1.29, 1.82) is 0 Å². The van der Waals surface area contributed by atoms with Gasteiger partial charge in [-0.15, -0.1) is 0 Å². The third-order valence-corrected chi connectivity index (χ3v) is 5.04. The van der Waals surface area contributed by atoms with Gasteiger partial charge in [-0.25, -0.2) is 0 Å². The van der Waals surface area contributed by atoms with E-state index >= 15 is 0 Å². The van der Waals surface area contributed by atoms with Crippen molar-refractivity contribution in [3.05, 3.63) is 22.7 Å². The van der Waals surface area contributed by atoms with Gasteiger partial charge in [-0.3, -0.25) is 4.90 Å². The molecule has 2 aliphatic rings. The maximum atomic E-state index is 6.43. The standard InChI is InChI=1S/C20H31ClN2O3/c1-3-8-26-20-18(21)10-15(11-19(20)24-4-2)12-22-13-17-14-23(7-9-25-17)16-5-6-16/h10-11,16-17,22H,3-9,12-14H2,1-2H3. The Kier molecular flexibility index (Phi) is 7.43. The van der Waals surface area contributed by atoms with Crippen LogP contribution in [0.15, 0.2) is 12.1 Å². The van der Waals surface area contributed by atoms with Crippen molar-refractivity contribution >= 4 is 11.6 Å². The minimum atomic E-state index is 0.262. The monoisotopic (exact) mass is 382 g/mol. The summed E-state index contributed by atoms with van der Waals surface area (Å²) in [6, 6.07) is 4.79. The molecule has 146 valence electrons. The first-order valence-electron chi connectivity index (χ1n) is 9.85. The zero-order valence-corrected chi connectivity index (χ0v) is 16.7. The van der Waals surface area contributed by atoms with Crippen molar-refractivity contribution in [1.82, 2.24) is 10.2 Å². The van der Waals surface area contributed by atoms with Gasteiger partial charge >= 0.3 is 0 Å². The highest BCUT2D eigenvalue weighted by molar-refractivity contribution is 6.32. The Hall–Kier alpha value is -1.01. The molecule has 1 saturated carbocycles. The summed E-state index contributed by atoms with van der Waals surface area (Å²) in [5, 5.41) is 4.11. The van der Waals surface area contributed by atoms with Crippen molar-refractivity contribution in [2.24, 2.45) is 0 Å². The molecule has 1 aliphatic carbocycles. The summed E-state index contributed by atoms with van der Waals surface area (Å²) in [6.07, 6.45) is 3.90. The van der Waals surface area contributed by atoms with Crippen LogP contribution in [0.3, 0.4) is 0 Å². The van der Waals surface area contributed by atoms with Gasteiger partial charge in [-0.2, -0.15) is 0 Å². The van der Waals surface area contributed by atoms with Gasteiger partial charge in [0.2, 0.25) is 0 Å². The Morgan fingerprint density at radius 2 is 2.12 bits per heavy atom. The van der Waals surface area contributed by atoms with Crippen LogP contribution in [0, 0.1) is 0 Å². The minimum Gasteiger partial charge on any atom is -0.490 e. The number of nitrogens with one attached hydrogen (secondary N) is 1. The molecule has 1 unspecified atom stereocenters. The Balaban J connectivity index is 1.53. The van der Waals surface area contributed by atoms with Crippen LogP contribution in [0.25, 0.3) is 0 Å². The van der Waals surface area contributed by atoms with E-state index in [0.717, 1.165) is 56.6 Å². The van der Waals surface area contributed by atoms with Gasteiger partial charge < -0.3 is 19.5 Å². The number of hydrogen-bond acceptors (Lipinski definition) is 5. The molecule has 0 aromatic heterocycles. The minimum absolute atomic E-state index is 0.262. The zero-order valence-electron chi connectivity index (χ0n) is 15.9. The first-order valence-corrected chi connectivity index (χ1v) is 10.2. The van der Waals surface area contributed by atoms with Crippen LogP contribution in [0.4, 0.5) is 0 Å². The Labute approximate surface area is 161 Å². The van der Waals surface area contributed by atoms with E-state index < -0.39 is 0 Å². The van der Waals surface area contributed by atoms with Gasteiger partial charge in [0.15, 0.2) is 11.5 Å². The van der Waals surface area contributed by atoms with Crippen LogP contribution in [0.2, 0.25) is 5.02 Å². The number of nitrogens with zero attached hydrogens (tertiary/aromatic N) is 1. The van der Waals surface area contributed by atoms with Crippen LogP contribution >= 0.6 is 11.6 Å². The molecule has 0 bridgehead atoms. The number of halogens is 1. The zero-order chi connectivity index (χ0) is 18.4. The summed E-state index contributed by atoms with van der Waals surface area (Å²) < 4.78 is 17.4. The summed E-state index contributed by atoms with van der Waals surface area (Å²) in [4.78, 5) is 2.57. The summed E-state index contributed by atoms with van der Waals surface area (Å²) in [7, 11) is 0. The highest BCUT2D eigenvalue weighted by Gasteiger charge is 2.32. The molecule has 5 nitrogen and oxygen atoms in total. The van der Waals surface area contributed by atoms with Gasteiger partial charge in [0.25, 0.3) is 0 Å². The van der Waals surface area contributed by atoms with E-state index in [0.29, 0.717) is 24.0 Å². The van der Waals surface area contributed by atoms with Crippen LogP contribution in [0.1, 0.15) is 38.7 Å². The molecule has 1 N–H and O–H groups in total. The topological polar surface area (TPSA) is 43.0 Å². The molecule has 1 atom stereocenters. The molecular weight excluding hydrogens is 352 g/mol. The van der Waals surface area contributed by atoms with E-state index in [1.807, 2.05) is 19.1 Å². The SMILES string of the molecule is CCCOc1c(Cl)cc(CNCC2CN(C3CC3)CCO2)cc1OCC. The second kappa shape index (κ2) is 9.79. The van der Waals surface area contributed by atoms with E-state index in [9.17, 15) is 0 Å². The lowest BCUT2D eigenvalue weighted by atomic mass is 10.2. The molecule has 1 heterocycles. The van der Waals surface area contributed by atoms with E-state index in [1.54, 1.807) is 0 Å². The van der Waals surface area contributed by atoms with Crippen molar-refractivity contribution in [3.63, 3.8) is 0 Å². The van der Waals surface area contributed by atoms with E-state index in [-0.39, 0.29) is 6.10 Å². The van der Waals surface area contributed by atoms with Gasteiger partial charge in [0.1, 0.15) is 0 Å². The molecular formula is C20H31ClN2O3. The second-order valence-electron chi connectivity index (χ2n) is 7.04. The quantitative estimate of drug-likeness (QED) is 0.671. The molecule has 2 fully saturated rings. The summed E-state index contributed by atoms with van der Waals surface area (Å²) in [5.74, 6) is 1.37. The number of hydrogen-bond donors (Lipinski definition) is 1. The third kappa shape index (κ3) is 5.49. The highest BCUT2D eigenvalue weighted by atomic mass is 35.5. The van der Waals surface area contributed by atoms with E-state index in [2.05, 4.69) is 17.1 Å². The number of rotatable bonds is 10. The maximum absolute atomic E-state index is 6.43. The number of ether oxygens (including phenoxy) is 3. The van der Waals surface area contributed by atoms with Gasteiger partial charge in [0.05, 0.1) is 30.9 Å². The third-order valence-electron chi connectivity index (χ3n) is 4.75. The van der Waals surface area contributed by atoms with E-state index in [4.69, 9.17) is 25.8 Å². The molecule has 1 saturated heterocycles. The second-order valence-corrected chi connectivity index (χ2v) is 7.44. The lowest BCUT2D eigenvalue weighted by Gasteiger charge is -2.33. The normalized spacial score (nSPS) is 21.0. The lowest BCUT2D eigenvalue weighted by Crippen LogP contribution is -2.47. The highest BCUT2D eigenvalue weighted by Crippen LogP contribution is 2.37. The molecule has 3 rings (SSSR count). The predicted octanol–water partition coefficient (Wildman–Crippen LogP) is 3.48. The fraction of sp³-hybridized carbons (Fsp3) is 0.700. The van der Waals surface area contributed by atoms with Gasteiger partial charge in [0, 0.05) is 32.2 Å². The fourth-order valence-corrected chi connectivity index (χ4v) is 3.63. The van der Waals surface area contributed by atoms with Crippen molar-refractivity contribution < 1.29 is 14.2 Å². The van der Waals surface area contributed by atoms with Crippen LogP contribution in [-0.2, 0) is 11.3 Å². The fourth-order valence-electron chi connectivity index (χ4n) is 3.35. The van der Waals surface area contributed by atoms with Crippen LogP contribution < -0.4 is 14.8 Å². The molecule has 1 aromatic carbocycles. The molecule has 1 aliphatic heterocycles. The van der Waals surface area contributed by atoms with Crippen molar-refractivity contribution in [2.45, 2.75) is 51.8 Å². The Morgan fingerprint density at radius 3 is 2.85 bits per heavy atom. The average molecular weight is 383 g/mol. The molecule has 26 heavy (non-hydrogen) atoms. The molecule has 0 radical (unpaired) electrons. The smallest absolute Gasteiger partial charge is 0.179 e. The largest absolute Gasteiger partial charge is 0.490 e. The van der Waals surface area contributed by atoms with Crippen molar-refractivity contribution in [3.8, 4) is 11.5 Å². The first-order chi connectivity index (χ1) is 12.7.